The minimum Gasteiger partial charge on any atom is -0.366 e. The van der Waals surface area contributed by atoms with Crippen molar-refractivity contribution in [3.8, 4) is 0 Å². The number of nitrogens with zero attached hydrogens (tertiary/aromatic N) is 1. The van der Waals surface area contributed by atoms with Crippen molar-refractivity contribution >= 4 is 34.9 Å². The fourth-order valence-electron chi connectivity index (χ4n) is 4.09. The highest BCUT2D eigenvalue weighted by atomic mass is 35.5. The summed E-state index contributed by atoms with van der Waals surface area (Å²) in [6, 6.07) is 13.9. The number of hydrogen-bond donors (Lipinski definition) is 1. The van der Waals surface area contributed by atoms with E-state index in [1.807, 2.05) is 18.2 Å². The summed E-state index contributed by atoms with van der Waals surface area (Å²) in [4.78, 5) is 38.9. The lowest BCUT2D eigenvalue weighted by Crippen LogP contribution is -2.40. The molecule has 2 amide bonds. The van der Waals surface area contributed by atoms with Gasteiger partial charge in [0.15, 0.2) is 5.78 Å². The van der Waals surface area contributed by atoms with Gasteiger partial charge in [-0.2, -0.15) is 0 Å². The number of nitrogens with two attached hydrogens (primary N) is 1. The molecule has 0 aromatic heterocycles. The Morgan fingerprint density at radius 3 is 2.43 bits per heavy atom. The molecule has 0 saturated heterocycles. The first-order valence-electron chi connectivity index (χ1n) is 9.21. The lowest BCUT2D eigenvalue weighted by Gasteiger charge is -2.38. The third kappa shape index (κ3) is 3.12. The van der Waals surface area contributed by atoms with Crippen molar-refractivity contribution in [3.05, 3.63) is 76.0 Å². The first-order valence-corrected chi connectivity index (χ1v) is 9.58. The van der Waals surface area contributed by atoms with E-state index >= 15 is 0 Å². The molecule has 2 aromatic rings. The standard InChI is InChI=1S/C22H19ClN2O3/c23-17-5-2-1-4-15(17)16-12-20(27)25(18-6-3-7-19(26)21(16)18)14-10-8-13(9-11-14)22(24)28/h1-2,4-5,8-11,16H,3,6-7,12H2,(H2,24,28). The zero-order valence-electron chi connectivity index (χ0n) is 15.2. The van der Waals surface area contributed by atoms with Gasteiger partial charge in [-0.1, -0.05) is 29.8 Å². The SMILES string of the molecule is NC(=O)c1ccc(N2C(=O)CC(c3ccccc3Cl)C3=C2CCCC3=O)cc1. The summed E-state index contributed by atoms with van der Waals surface area (Å²) in [6.07, 6.45) is 2.00. The lowest BCUT2D eigenvalue weighted by atomic mass is 9.77. The monoisotopic (exact) mass is 394 g/mol. The Morgan fingerprint density at radius 1 is 1.04 bits per heavy atom. The molecule has 2 N–H and O–H groups in total. The molecule has 1 atom stereocenters. The van der Waals surface area contributed by atoms with Crippen LogP contribution < -0.4 is 10.6 Å². The summed E-state index contributed by atoms with van der Waals surface area (Å²) in [5.74, 6) is -0.879. The van der Waals surface area contributed by atoms with E-state index in [1.54, 1.807) is 35.2 Å². The number of halogens is 1. The van der Waals surface area contributed by atoms with E-state index in [0.29, 0.717) is 41.1 Å². The van der Waals surface area contributed by atoms with Gasteiger partial charge in [-0.05, 0) is 48.7 Å². The molecule has 1 aliphatic heterocycles. The number of rotatable bonds is 3. The molecule has 0 bridgehead atoms. The molecule has 0 spiro atoms. The summed E-state index contributed by atoms with van der Waals surface area (Å²) in [5, 5.41) is 0.560. The van der Waals surface area contributed by atoms with E-state index in [4.69, 9.17) is 17.3 Å². The Hall–Kier alpha value is -2.92. The van der Waals surface area contributed by atoms with Crippen molar-refractivity contribution in [2.75, 3.05) is 4.90 Å². The molecule has 2 aliphatic rings. The van der Waals surface area contributed by atoms with Crippen LogP contribution in [0.3, 0.4) is 0 Å². The quantitative estimate of drug-likeness (QED) is 0.855. The van der Waals surface area contributed by atoms with E-state index in [1.165, 1.54) is 0 Å². The van der Waals surface area contributed by atoms with Crippen LogP contribution in [0.5, 0.6) is 0 Å². The van der Waals surface area contributed by atoms with E-state index in [0.717, 1.165) is 11.3 Å². The van der Waals surface area contributed by atoms with Crippen LogP contribution in [0.4, 0.5) is 5.69 Å². The van der Waals surface area contributed by atoms with Gasteiger partial charge in [-0.15, -0.1) is 0 Å². The topological polar surface area (TPSA) is 80.5 Å². The van der Waals surface area contributed by atoms with Gasteiger partial charge >= 0.3 is 0 Å². The van der Waals surface area contributed by atoms with Gasteiger partial charge in [0.05, 0.1) is 0 Å². The second kappa shape index (κ2) is 7.24. The number of hydrogen-bond acceptors (Lipinski definition) is 3. The minimum atomic E-state index is -0.525. The summed E-state index contributed by atoms with van der Waals surface area (Å²) >= 11 is 6.38. The molecule has 5 nitrogen and oxygen atoms in total. The molecule has 1 heterocycles. The van der Waals surface area contributed by atoms with Gasteiger partial charge in [-0.3, -0.25) is 19.3 Å². The Bertz CT molecular complexity index is 1010. The lowest BCUT2D eigenvalue weighted by molar-refractivity contribution is -0.119. The molecule has 0 saturated carbocycles. The predicted octanol–water partition coefficient (Wildman–Crippen LogP) is 3.97. The maximum atomic E-state index is 13.1. The number of carbonyl (C=O) groups is 3. The fraction of sp³-hybridized carbons (Fsp3) is 0.227. The molecule has 2 aromatic carbocycles. The van der Waals surface area contributed by atoms with Gasteiger partial charge < -0.3 is 5.73 Å². The van der Waals surface area contributed by atoms with Crippen molar-refractivity contribution in [2.45, 2.75) is 31.6 Å². The van der Waals surface area contributed by atoms with Crippen LogP contribution in [0.15, 0.2) is 59.8 Å². The third-order valence-corrected chi connectivity index (χ3v) is 5.71. The normalized spacial score (nSPS) is 19.6. The Morgan fingerprint density at radius 2 is 1.75 bits per heavy atom. The van der Waals surface area contributed by atoms with Gasteiger partial charge in [0, 0.05) is 46.3 Å². The van der Waals surface area contributed by atoms with Crippen LogP contribution in [-0.2, 0) is 9.59 Å². The highest BCUT2D eigenvalue weighted by Crippen LogP contribution is 2.44. The molecule has 1 unspecified atom stereocenters. The molecule has 28 heavy (non-hydrogen) atoms. The summed E-state index contributed by atoms with van der Waals surface area (Å²) < 4.78 is 0. The fourth-order valence-corrected chi connectivity index (χ4v) is 4.36. The van der Waals surface area contributed by atoms with Gasteiger partial charge in [-0.25, -0.2) is 0 Å². The summed E-state index contributed by atoms with van der Waals surface area (Å²) in [7, 11) is 0. The van der Waals surface area contributed by atoms with Gasteiger partial charge in [0.2, 0.25) is 11.8 Å². The average Bonchev–Trinajstić information content (AvgIpc) is 2.68. The number of Topliss-reactive ketones (excluding diaryl/α,β-unsaturated/α-hetero) is 1. The third-order valence-electron chi connectivity index (χ3n) is 5.37. The molecular weight excluding hydrogens is 376 g/mol. The van der Waals surface area contributed by atoms with E-state index in [2.05, 4.69) is 0 Å². The Kier molecular flexibility index (Phi) is 4.77. The zero-order chi connectivity index (χ0) is 19.8. The predicted molar refractivity (Wildman–Crippen MR) is 107 cm³/mol. The molecule has 142 valence electrons. The van der Waals surface area contributed by atoms with Crippen molar-refractivity contribution in [1.29, 1.82) is 0 Å². The van der Waals surface area contributed by atoms with Crippen LogP contribution in [0.1, 0.15) is 47.5 Å². The van der Waals surface area contributed by atoms with Gasteiger partial charge in [0.1, 0.15) is 0 Å². The second-order valence-electron chi connectivity index (χ2n) is 7.06. The molecular formula is C22H19ClN2O3. The molecule has 1 aliphatic carbocycles. The number of carbonyl (C=O) groups excluding carboxylic acids is 3. The molecule has 4 rings (SSSR count). The maximum Gasteiger partial charge on any atom is 0.248 e. The maximum absolute atomic E-state index is 13.1. The number of benzene rings is 2. The minimum absolute atomic E-state index is 0.0671. The molecule has 0 fully saturated rings. The van der Waals surface area contributed by atoms with E-state index in [-0.39, 0.29) is 24.0 Å². The van der Waals surface area contributed by atoms with E-state index < -0.39 is 5.91 Å². The van der Waals surface area contributed by atoms with Crippen LogP contribution in [0, 0.1) is 0 Å². The van der Waals surface area contributed by atoms with E-state index in [9.17, 15) is 14.4 Å². The molecule has 6 heteroatoms. The second-order valence-corrected chi connectivity index (χ2v) is 7.46. The smallest absolute Gasteiger partial charge is 0.248 e. The van der Waals surface area contributed by atoms with Crippen molar-refractivity contribution in [1.82, 2.24) is 0 Å². The van der Waals surface area contributed by atoms with Crippen LogP contribution in [-0.4, -0.2) is 17.6 Å². The largest absolute Gasteiger partial charge is 0.366 e. The van der Waals surface area contributed by atoms with Crippen LogP contribution in [0.2, 0.25) is 5.02 Å². The summed E-state index contributed by atoms with van der Waals surface area (Å²) in [6.45, 7) is 0. The van der Waals surface area contributed by atoms with Crippen molar-refractivity contribution < 1.29 is 14.4 Å². The number of allylic oxidation sites excluding steroid dienone is 2. The van der Waals surface area contributed by atoms with Gasteiger partial charge in [0.25, 0.3) is 0 Å². The zero-order valence-corrected chi connectivity index (χ0v) is 15.9. The Balaban J connectivity index is 1.83. The van der Waals surface area contributed by atoms with Crippen molar-refractivity contribution in [3.63, 3.8) is 0 Å². The van der Waals surface area contributed by atoms with Crippen LogP contribution >= 0.6 is 11.6 Å². The number of anilines is 1. The molecule has 0 radical (unpaired) electrons. The summed E-state index contributed by atoms with van der Waals surface area (Å²) in [5.41, 5.74) is 8.54. The number of ketones is 1. The van der Waals surface area contributed by atoms with Crippen LogP contribution in [0.25, 0.3) is 0 Å². The number of amides is 2. The highest BCUT2D eigenvalue weighted by molar-refractivity contribution is 6.31. The first-order chi connectivity index (χ1) is 13.5. The number of primary amides is 1. The first kappa shape index (κ1) is 18.4. The van der Waals surface area contributed by atoms with Crippen molar-refractivity contribution in [2.24, 2.45) is 5.73 Å². The Labute approximate surface area is 167 Å². The highest BCUT2D eigenvalue weighted by Gasteiger charge is 2.40. The average molecular weight is 395 g/mol.